The Morgan fingerprint density at radius 3 is 2.90 bits per heavy atom. The number of rotatable bonds is 4. The molecule has 1 atom stereocenters. The lowest BCUT2D eigenvalue weighted by atomic mass is 10.1. The molecule has 1 aliphatic heterocycles. The molecular weight excluding hydrogens is 288 g/mol. The van der Waals surface area contributed by atoms with E-state index < -0.39 is 0 Å². The van der Waals surface area contributed by atoms with Gasteiger partial charge in [0, 0.05) is 32.2 Å². The lowest BCUT2D eigenvalue weighted by Crippen LogP contribution is -2.56. The smallest absolute Gasteiger partial charge is 0.238 e. The van der Waals surface area contributed by atoms with Gasteiger partial charge in [0.25, 0.3) is 0 Å². The van der Waals surface area contributed by atoms with E-state index in [1.165, 1.54) is 0 Å². The average molecular weight is 311 g/mol. The molecule has 1 heterocycles. The van der Waals surface area contributed by atoms with E-state index in [4.69, 9.17) is 17.3 Å². The first-order chi connectivity index (χ1) is 9.99. The predicted molar refractivity (Wildman–Crippen MR) is 86.7 cm³/mol. The normalized spacial score (nSPS) is 20.5. The average Bonchev–Trinajstić information content (AvgIpc) is 2.44. The van der Waals surface area contributed by atoms with Gasteiger partial charge in [-0.25, -0.2) is 0 Å². The van der Waals surface area contributed by atoms with Crippen LogP contribution in [-0.4, -0.2) is 61.5 Å². The quantitative estimate of drug-likeness (QED) is 0.876. The number of hydrogen-bond donors (Lipinski definition) is 2. The van der Waals surface area contributed by atoms with Crippen LogP contribution < -0.4 is 11.1 Å². The molecule has 0 aromatic heterocycles. The van der Waals surface area contributed by atoms with Crippen molar-refractivity contribution in [3.05, 3.63) is 28.8 Å². The van der Waals surface area contributed by atoms with Crippen LogP contribution in [-0.2, 0) is 4.79 Å². The molecule has 116 valence electrons. The molecule has 2 rings (SSSR count). The SMILES string of the molecule is Cc1ccc(NC(=O)CN2CCN(C)CC2CN)c(Cl)c1. The van der Waals surface area contributed by atoms with E-state index in [1.807, 2.05) is 25.1 Å². The second-order valence-electron chi connectivity index (χ2n) is 5.65. The summed E-state index contributed by atoms with van der Waals surface area (Å²) in [5, 5.41) is 3.44. The zero-order valence-corrected chi connectivity index (χ0v) is 13.4. The highest BCUT2D eigenvalue weighted by atomic mass is 35.5. The van der Waals surface area contributed by atoms with Crippen molar-refractivity contribution in [1.82, 2.24) is 9.80 Å². The Hall–Kier alpha value is -1.14. The topological polar surface area (TPSA) is 61.6 Å². The lowest BCUT2D eigenvalue weighted by Gasteiger charge is -2.39. The molecule has 1 amide bonds. The van der Waals surface area contributed by atoms with E-state index in [0.717, 1.165) is 25.2 Å². The van der Waals surface area contributed by atoms with Crippen LogP contribution >= 0.6 is 11.6 Å². The van der Waals surface area contributed by atoms with E-state index >= 15 is 0 Å². The van der Waals surface area contributed by atoms with Crippen molar-refractivity contribution >= 4 is 23.2 Å². The van der Waals surface area contributed by atoms with Gasteiger partial charge in [-0.15, -0.1) is 0 Å². The molecule has 1 saturated heterocycles. The van der Waals surface area contributed by atoms with Gasteiger partial charge in [0.05, 0.1) is 17.3 Å². The fourth-order valence-corrected chi connectivity index (χ4v) is 2.86. The Labute approximate surface area is 131 Å². The van der Waals surface area contributed by atoms with Crippen LogP contribution in [0.25, 0.3) is 0 Å². The Balaban J connectivity index is 1.94. The summed E-state index contributed by atoms with van der Waals surface area (Å²) >= 11 is 6.14. The molecule has 0 bridgehead atoms. The monoisotopic (exact) mass is 310 g/mol. The highest BCUT2D eigenvalue weighted by Crippen LogP contribution is 2.22. The molecule has 1 aliphatic rings. The standard InChI is InChI=1S/C15H23ClN4O/c1-11-3-4-14(13(16)7-11)18-15(21)10-20-6-5-19(2)9-12(20)8-17/h3-4,7,12H,5-6,8-10,17H2,1-2H3,(H,18,21). The molecule has 6 heteroatoms. The number of amides is 1. The Morgan fingerprint density at radius 2 is 2.24 bits per heavy atom. The van der Waals surface area contributed by atoms with Crippen molar-refractivity contribution in [3.8, 4) is 0 Å². The van der Waals surface area contributed by atoms with Crippen molar-refractivity contribution in [3.63, 3.8) is 0 Å². The summed E-state index contributed by atoms with van der Waals surface area (Å²) in [4.78, 5) is 16.6. The molecule has 1 aromatic rings. The van der Waals surface area contributed by atoms with Gasteiger partial charge in [-0.3, -0.25) is 9.69 Å². The summed E-state index contributed by atoms with van der Waals surface area (Å²) in [7, 11) is 2.08. The number of nitrogens with zero attached hydrogens (tertiary/aromatic N) is 2. The zero-order chi connectivity index (χ0) is 15.4. The fraction of sp³-hybridized carbons (Fsp3) is 0.533. The minimum absolute atomic E-state index is 0.0521. The van der Waals surface area contributed by atoms with Crippen LogP contribution in [0.1, 0.15) is 5.56 Å². The van der Waals surface area contributed by atoms with Gasteiger partial charge in [0.2, 0.25) is 5.91 Å². The summed E-state index contributed by atoms with van der Waals surface area (Å²) < 4.78 is 0. The third kappa shape index (κ3) is 4.41. The number of nitrogens with one attached hydrogen (secondary N) is 1. The lowest BCUT2D eigenvalue weighted by molar-refractivity contribution is -0.118. The zero-order valence-electron chi connectivity index (χ0n) is 12.6. The van der Waals surface area contributed by atoms with E-state index in [9.17, 15) is 4.79 Å². The van der Waals surface area contributed by atoms with Crippen LogP contribution in [0.5, 0.6) is 0 Å². The first-order valence-electron chi connectivity index (χ1n) is 7.18. The molecule has 0 radical (unpaired) electrons. The van der Waals surface area contributed by atoms with E-state index in [1.54, 1.807) is 0 Å². The van der Waals surface area contributed by atoms with Gasteiger partial charge in [0.15, 0.2) is 0 Å². The molecular formula is C15H23ClN4O. The summed E-state index contributed by atoms with van der Waals surface area (Å²) in [5.41, 5.74) is 7.53. The second kappa shape index (κ2) is 7.22. The predicted octanol–water partition coefficient (Wildman–Crippen LogP) is 1.16. The molecule has 1 fully saturated rings. The van der Waals surface area contributed by atoms with Gasteiger partial charge < -0.3 is 16.0 Å². The summed E-state index contributed by atoms with van der Waals surface area (Å²) in [6, 6.07) is 5.83. The number of likely N-dealkylation sites (N-methyl/N-ethyl adjacent to an activating group) is 1. The minimum Gasteiger partial charge on any atom is -0.329 e. The number of halogens is 1. The van der Waals surface area contributed by atoms with Crippen molar-refractivity contribution in [2.75, 3.05) is 45.1 Å². The van der Waals surface area contributed by atoms with Gasteiger partial charge in [0.1, 0.15) is 0 Å². The highest BCUT2D eigenvalue weighted by molar-refractivity contribution is 6.33. The number of carbonyl (C=O) groups excluding carboxylic acids is 1. The van der Waals surface area contributed by atoms with Crippen LogP contribution in [0, 0.1) is 6.92 Å². The van der Waals surface area contributed by atoms with Crippen LogP contribution in [0.4, 0.5) is 5.69 Å². The maximum atomic E-state index is 12.2. The number of hydrogen-bond acceptors (Lipinski definition) is 4. The number of anilines is 1. The van der Waals surface area contributed by atoms with Gasteiger partial charge in [-0.2, -0.15) is 0 Å². The highest BCUT2D eigenvalue weighted by Gasteiger charge is 2.25. The summed E-state index contributed by atoms with van der Waals surface area (Å²) in [5.74, 6) is -0.0521. The third-order valence-corrected chi connectivity index (χ3v) is 4.14. The maximum Gasteiger partial charge on any atom is 0.238 e. The molecule has 1 unspecified atom stereocenters. The van der Waals surface area contributed by atoms with E-state index in [2.05, 4.69) is 22.2 Å². The molecule has 3 N–H and O–H groups in total. The Morgan fingerprint density at radius 1 is 1.48 bits per heavy atom. The largest absolute Gasteiger partial charge is 0.329 e. The number of aryl methyl sites for hydroxylation is 1. The van der Waals surface area contributed by atoms with Crippen molar-refractivity contribution in [1.29, 1.82) is 0 Å². The molecule has 5 nitrogen and oxygen atoms in total. The molecule has 0 spiro atoms. The van der Waals surface area contributed by atoms with Gasteiger partial charge >= 0.3 is 0 Å². The van der Waals surface area contributed by atoms with Gasteiger partial charge in [-0.05, 0) is 31.7 Å². The fourth-order valence-electron chi connectivity index (χ4n) is 2.58. The van der Waals surface area contributed by atoms with E-state index in [0.29, 0.717) is 23.8 Å². The first-order valence-corrected chi connectivity index (χ1v) is 7.56. The van der Waals surface area contributed by atoms with Gasteiger partial charge in [-0.1, -0.05) is 17.7 Å². The minimum atomic E-state index is -0.0521. The second-order valence-corrected chi connectivity index (χ2v) is 6.06. The third-order valence-electron chi connectivity index (χ3n) is 3.83. The summed E-state index contributed by atoms with van der Waals surface area (Å²) in [6.45, 7) is 5.58. The molecule has 21 heavy (non-hydrogen) atoms. The molecule has 0 aliphatic carbocycles. The molecule has 1 aromatic carbocycles. The van der Waals surface area contributed by atoms with E-state index in [-0.39, 0.29) is 11.9 Å². The number of benzene rings is 1. The number of piperazine rings is 1. The van der Waals surface area contributed by atoms with Crippen LogP contribution in [0.3, 0.4) is 0 Å². The molecule has 0 saturated carbocycles. The van der Waals surface area contributed by atoms with Crippen molar-refractivity contribution in [2.24, 2.45) is 5.73 Å². The number of nitrogens with two attached hydrogens (primary N) is 1. The van der Waals surface area contributed by atoms with Crippen molar-refractivity contribution < 1.29 is 4.79 Å². The number of carbonyl (C=O) groups is 1. The maximum absolute atomic E-state index is 12.2. The van der Waals surface area contributed by atoms with Crippen LogP contribution in [0.2, 0.25) is 5.02 Å². The first kappa shape index (κ1) is 16.2. The Bertz CT molecular complexity index is 508. The van der Waals surface area contributed by atoms with Crippen molar-refractivity contribution in [2.45, 2.75) is 13.0 Å². The Kier molecular flexibility index (Phi) is 5.58. The van der Waals surface area contributed by atoms with Crippen LogP contribution in [0.15, 0.2) is 18.2 Å². The summed E-state index contributed by atoms with van der Waals surface area (Å²) in [6.07, 6.45) is 0.